The predicted octanol–water partition coefficient (Wildman–Crippen LogP) is 5.86. The molecule has 7 nitrogen and oxygen atoms in total. The van der Waals surface area contributed by atoms with Gasteiger partial charge in [0.2, 0.25) is 0 Å². The molecule has 0 saturated carbocycles. The summed E-state index contributed by atoms with van der Waals surface area (Å²) in [5.41, 5.74) is 9.42. The zero-order valence-electron chi connectivity index (χ0n) is 22.4. The summed E-state index contributed by atoms with van der Waals surface area (Å²) >= 11 is 0. The molecule has 3 aromatic carbocycles. The molecule has 0 amide bonds. The van der Waals surface area contributed by atoms with E-state index in [-0.39, 0.29) is 16.6 Å². The van der Waals surface area contributed by atoms with E-state index >= 15 is 0 Å². The number of aromatic nitrogens is 2. The van der Waals surface area contributed by atoms with Crippen LogP contribution in [0.25, 0.3) is 16.8 Å². The molecular weight excluding hydrogens is 539 g/mol. The van der Waals surface area contributed by atoms with Gasteiger partial charge in [0.25, 0.3) is 0 Å². The average Bonchev–Trinajstić information content (AvgIpc) is 3.30. The lowest BCUT2D eigenvalue weighted by atomic mass is 9.96. The molecule has 1 unspecified atom stereocenters. The van der Waals surface area contributed by atoms with Gasteiger partial charge < -0.3 is 10.3 Å². The fourth-order valence-electron chi connectivity index (χ4n) is 4.46. The summed E-state index contributed by atoms with van der Waals surface area (Å²) in [5, 5.41) is 1.34. The number of hydrazine groups is 1. The molecule has 210 valence electrons. The molecule has 0 aliphatic carbocycles. The molecule has 4 aromatic rings. The van der Waals surface area contributed by atoms with Crippen LogP contribution < -0.4 is 16.6 Å². The molecule has 1 aromatic heterocycles. The van der Waals surface area contributed by atoms with E-state index in [4.69, 9.17) is 11.6 Å². The second-order valence-corrected chi connectivity index (χ2v) is 11.7. The average molecular weight is 570 g/mol. The fourth-order valence-corrected chi connectivity index (χ4v) is 5.12. The number of alkyl halides is 3. The SMILES string of the molecule is Cc1ccc(C(C)/C(=C/N)N(N)c2cc(-c3cccc(S(C)(=O)=O)c3)ccc2-n2cc(C(F)(F)F)nc2C)cc1. The number of benzene rings is 3. The second-order valence-electron chi connectivity index (χ2n) is 9.64. The molecule has 0 spiro atoms. The molecule has 0 bridgehead atoms. The van der Waals surface area contributed by atoms with Crippen molar-refractivity contribution in [3.63, 3.8) is 0 Å². The van der Waals surface area contributed by atoms with Crippen molar-refractivity contribution in [3.05, 3.63) is 107 Å². The zero-order valence-corrected chi connectivity index (χ0v) is 23.3. The van der Waals surface area contributed by atoms with E-state index < -0.39 is 21.7 Å². The fraction of sp³-hybridized carbons (Fsp3) is 0.207. The molecule has 0 saturated heterocycles. The minimum Gasteiger partial charge on any atom is -0.403 e. The molecule has 40 heavy (non-hydrogen) atoms. The van der Waals surface area contributed by atoms with Crippen LogP contribution in [0.5, 0.6) is 0 Å². The minimum atomic E-state index is -4.63. The standard InChI is InChI=1S/C29H30F3N5O2S/c1-18-8-10-21(11-9-18)19(2)27(16-33)37(34)26-15-23(22-6-5-7-24(14-22)40(4,38)39)12-13-25(26)36-17-28(29(30,31)32)35-20(36)3/h5-17,19H,33-34H2,1-4H3/b27-16-. The molecule has 0 radical (unpaired) electrons. The smallest absolute Gasteiger partial charge is 0.403 e. The van der Waals surface area contributed by atoms with Crippen LogP contribution in [0.1, 0.15) is 35.5 Å². The Kier molecular flexibility index (Phi) is 7.82. The molecule has 0 fully saturated rings. The number of aryl methyl sites for hydroxylation is 2. The number of nitrogens with two attached hydrogens (primary N) is 2. The number of nitrogens with zero attached hydrogens (tertiary/aromatic N) is 3. The Bertz CT molecular complexity index is 1680. The number of sulfone groups is 1. The number of allylic oxidation sites excluding steroid dienone is 1. The van der Waals surface area contributed by atoms with Gasteiger partial charge in [0.05, 0.1) is 22.0 Å². The Labute approximate surface area is 231 Å². The van der Waals surface area contributed by atoms with Crippen molar-refractivity contribution in [1.29, 1.82) is 0 Å². The van der Waals surface area contributed by atoms with E-state index in [2.05, 4.69) is 4.98 Å². The highest BCUT2D eigenvalue weighted by atomic mass is 32.2. The third kappa shape index (κ3) is 5.90. The maximum absolute atomic E-state index is 13.5. The number of hydrogen-bond acceptors (Lipinski definition) is 6. The van der Waals surface area contributed by atoms with E-state index in [0.717, 1.165) is 23.6 Å². The molecule has 4 N–H and O–H groups in total. The van der Waals surface area contributed by atoms with E-state index in [1.54, 1.807) is 30.3 Å². The van der Waals surface area contributed by atoms with Gasteiger partial charge >= 0.3 is 6.18 Å². The molecular formula is C29H30F3N5O2S. The van der Waals surface area contributed by atoms with E-state index in [1.807, 2.05) is 38.1 Å². The Balaban J connectivity index is 1.90. The van der Waals surface area contributed by atoms with Gasteiger partial charge in [0.1, 0.15) is 5.82 Å². The van der Waals surface area contributed by atoms with Crippen LogP contribution in [0.2, 0.25) is 0 Å². The Morgan fingerprint density at radius 1 is 1.02 bits per heavy atom. The molecule has 1 atom stereocenters. The van der Waals surface area contributed by atoms with Gasteiger partial charge in [-0.05, 0) is 54.8 Å². The lowest BCUT2D eigenvalue weighted by Crippen LogP contribution is -2.34. The van der Waals surface area contributed by atoms with Crippen molar-refractivity contribution in [2.75, 3.05) is 11.3 Å². The number of anilines is 1. The Hall–Kier alpha value is -4.09. The minimum absolute atomic E-state index is 0.110. The van der Waals surface area contributed by atoms with Crippen LogP contribution in [0, 0.1) is 13.8 Å². The van der Waals surface area contributed by atoms with Crippen molar-refractivity contribution in [2.24, 2.45) is 11.6 Å². The first-order chi connectivity index (χ1) is 18.7. The van der Waals surface area contributed by atoms with Crippen molar-refractivity contribution >= 4 is 15.5 Å². The third-order valence-corrected chi connectivity index (χ3v) is 7.84. The topological polar surface area (TPSA) is 107 Å². The maximum Gasteiger partial charge on any atom is 0.434 e. The number of imidazole rings is 1. The van der Waals surface area contributed by atoms with E-state index in [9.17, 15) is 21.6 Å². The van der Waals surface area contributed by atoms with Crippen molar-refractivity contribution in [2.45, 2.75) is 37.8 Å². The number of halogens is 3. The maximum atomic E-state index is 13.5. The summed E-state index contributed by atoms with van der Waals surface area (Å²) in [4.78, 5) is 3.84. The molecule has 1 heterocycles. The first-order valence-electron chi connectivity index (χ1n) is 12.3. The third-order valence-electron chi connectivity index (χ3n) is 6.73. The van der Waals surface area contributed by atoms with Crippen molar-refractivity contribution in [1.82, 2.24) is 9.55 Å². The molecule has 0 aliphatic heterocycles. The van der Waals surface area contributed by atoms with Gasteiger partial charge in [-0.2, -0.15) is 13.2 Å². The lowest BCUT2D eigenvalue weighted by molar-refractivity contribution is -0.141. The van der Waals surface area contributed by atoms with Gasteiger partial charge in [0.15, 0.2) is 15.5 Å². The van der Waals surface area contributed by atoms with Crippen LogP contribution in [-0.4, -0.2) is 24.2 Å². The van der Waals surface area contributed by atoms with E-state index in [0.29, 0.717) is 28.2 Å². The summed E-state index contributed by atoms with van der Waals surface area (Å²) in [6.07, 6.45) is -1.23. The summed E-state index contributed by atoms with van der Waals surface area (Å²) in [6.45, 7) is 5.37. The van der Waals surface area contributed by atoms with Crippen molar-refractivity contribution in [3.8, 4) is 16.8 Å². The van der Waals surface area contributed by atoms with Gasteiger partial charge in [-0.3, -0.25) is 5.01 Å². The van der Waals surface area contributed by atoms with Gasteiger partial charge in [-0.15, -0.1) is 0 Å². The molecule has 11 heteroatoms. The summed E-state index contributed by atoms with van der Waals surface area (Å²) in [6, 6.07) is 19.3. The second kappa shape index (κ2) is 10.8. The highest BCUT2D eigenvalue weighted by Gasteiger charge is 2.35. The predicted molar refractivity (Wildman–Crippen MR) is 150 cm³/mol. The van der Waals surface area contributed by atoms with Crippen LogP contribution in [-0.2, 0) is 16.0 Å². The van der Waals surface area contributed by atoms with Crippen LogP contribution in [0.15, 0.2) is 89.7 Å². The highest BCUT2D eigenvalue weighted by molar-refractivity contribution is 7.90. The van der Waals surface area contributed by atoms with Crippen LogP contribution >= 0.6 is 0 Å². The van der Waals surface area contributed by atoms with Gasteiger partial charge in [-0.25, -0.2) is 19.2 Å². The first-order valence-corrected chi connectivity index (χ1v) is 14.2. The van der Waals surface area contributed by atoms with Gasteiger partial charge in [-0.1, -0.05) is 55.0 Å². The van der Waals surface area contributed by atoms with Crippen molar-refractivity contribution < 1.29 is 21.6 Å². The Morgan fingerprint density at radius 2 is 1.68 bits per heavy atom. The van der Waals surface area contributed by atoms with Gasteiger partial charge in [0, 0.05) is 24.6 Å². The Morgan fingerprint density at radius 3 is 2.25 bits per heavy atom. The largest absolute Gasteiger partial charge is 0.434 e. The first kappa shape index (κ1) is 28.9. The zero-order chi connectivity index (χ0) is 29.4. The molecule has 0 aliphatic rings. The summed E-state index contributed by atoms with van der Waals surface area (Å²) in [5.74, 6) is 6.52. The van der Waals surface area contributed by atoms with E-state index in [1.165, 1.54) is 34.8 Å². The summed E-state index contributed by atoms with van der Waals surface area (Å²) in [7, 11) is -3.47. The number of rotatable bonds is 7. The summed E-state index contributed by atoms with van der Waals surface area (Å²) < 4.78 is 66.1. The van der Waals surface area contributed by atoms with Crippen LogP contribution in [0.4, 0.5) is 18.9 Å². The van der Waals surface area contributed by atoms with Crippen LogP contribution in [0.3, 0.4) is 0 Å². The highest BCUT2D eigenvalue weighted by Crippen LogP contribution is 2.37. The molecule has 4 rings (SSSR count). The normalized spacial score (nSPS) is 13.3. The monoisotopic (exact) mass is 569 g/mol. The quantitative estimate of drug-likeness (QED) is 0.213. The lowest BCUT2D eigenvalue weighted by Gasteiger charge is -2.29. The number of hydrogen-bond donors (Lipinski definition) is 2.